The molecule has 2 heteroatoms. The smallest absolute Gasteiger partial charge is 0.166 e. The van der Waals surface area contributed by atoms with Crippen LogP contribution in [0.1, 0.15) is 63.5 Å². The van der Waals surface area contributed by atoms with E-state index in [2.05, 4.69) is 6.92 Å². The standard InChI is InChI=1S/C28H32F2/c1-3-5-6-7-8-12-15-25-21(4-2)20-26(28(30)27(25)29)24-18-16-23(17-19-24)22-13-10-9-11-14-22/h9-11,13-14,16-20H,3-8,12,15H2,1-2H3. The predicted octanol–water partition coefficient (Wildman–Crippen LogP) is 8.76. The predicted molar refractivity (Wildman–Crippen MR) is 124 cm³/mol. The fourth-order valence-electron chi connectivity index (χ4n) is 4.07. The minimum Gasteiger partial charge on any atom is -0.203 e. The van der Waals surface area contributed by atoms with Crippen LogP contribution in [0.3, 0.4) is 0 Å². The van der Waals surface area contributed by atoms with Crippen LogP contribution in [-0.4, -0.2) is 0 Å². The molecule has 0 aliphatic carbocycles. The van der Waals surface area contributed by atoms with Gasteiger partial charge in [-0.05, 0) is 53.1 Å². The molecule has 3 aromatic rings. The summed E-state index contributed by atoms with van der Waals surface area (Å²) < 4.78 is 30.0. The SMILES string of the molecule is CCCCCCCCc1c(CC)cc(-c2ccc(-c3ccccc3)cc2)c(F)c1F. The number of hydrogen-bond donors (Lipinski definition) is 0. The number of halogens is 2. The molecule has 0 saturated carbocycles. The Kier molecular flexibility index (Phi) is 8.19. The minimum atomic E-state index is -0.722. The summed E-state index contributed by atoms with van der Waals surface area (Å²) in [5.41, 5.74) is 4.73. The maximum atomic E-state index is 15.0. The molecule has 30 heavy (non-hydrogen) atoms. The Morgan fingerprint density at radius 1 is 0.633 bits per heavy atom. The quantitative estimate of drug-likeness (QED) is 0.295. The van der Waals surface area contributed by atoms with Crippen LogP contribution in [0, 0.1) is 11.6 Å². The highest BCUT2D eigenvalue weighted by atomic mass is 19.2. The van der Waals surface area contributed by atoms with Crippen molar-refractivity contribution in [2.75, 3.05) is 0 Å². The fourth-order valence-corrected chi connectivity index (χ4v) is 4.07. The zero-order valence-corrected chi connectivity index (χ0v) is 18.2. The fraction of sp³-hybridized carbons (Fsp3) is 0.357. The molecule has 0 nitrogen and oxygen atoms in total. The van der Waals surface area contributed by atoms with E-state index < -0.39 is 11.6 Å². The lowest BCUT2D eigenvalue weighted by Crippen LogP contribution is -2.03. The van der Waals surface area contributed by atoms with Gasteiger partial charge in [-0.1, -0.05) is 101 Å². The van der Waals surface area contributed by atoms with Gasteiger partial charge in [0.2, 0.25) is 0 Å². The van der Waals surface area contributed by atoms with Gasteiger partial charge in [-0.25, -0.2) is 8.78 Å². The molecule has 0 unspecified atom stereocenters. The first-order chi connectivity index (χ1) is 14.7. The van der Waals surface area contributed by atoms with Crippen molar-refractivity contribution in [2.45, 2.75) is 65.2 Å². The summed E-state index contributed by atoms with van der Waals surface area (Å²) in [7, 11) is 0. The van der Waals surface area contributed by atoms with Gasteiger partial charge in [0.15, 0.2) is 11.6 Å². The van der Waals surface area contributed by atoms with Crippen LogP contribution in [0.25, 0.3) is 22.3 Å². The maximum Gasteiger partial charge on any atom is 0.166 e. The Morgan fingerprint density at radius 3 is 1.90 bits per heavy atom. The van der Waals surface area contributed by atoms with Gasteiger partial charge in [0.05, 0.1) is 0 Å². The Hall–Kier alpha value is -2.48. The van der Waals surface area contributed by atoms with Gasteiger partial charge in [-0.3, -0.25) is 0 Å². The van der Waals surface area contributed by atoms with Gasteiger partial charge in [0, 0.05) is 5.56 Å². The second kappa shape index (κ2) is 11.1. The summed E-state index contributed by atoms with van der Waals surface area (Å²) in [6.07, 6.45) is 8.18. The van der Waals surface area contributed by atoms with E-state index in [9.17, 15) is 8.78 Å². The van der Waals surface area contributed by atoms with Gasteiger partial charge in [0.25, 0.3) is 0 Å². The van der Waals surface area contributed by atoms with Gasteiger partial charge >= 0.3 is 0 Å². The Bertz CT molecular complexity index is 927. The Labute approximate surface area is 180 Å². The molecule has 0 N–H and O–H groups in total. The van der Waals surface area contributed by atoms with E-state index >= 15 is 0 Å². The van der Waals surface area contributed by atoms with Crippen LogP contribution < -0.4 is 0 Å². The van der Waals surface area contributed by atoms with Gasteiger partial charge in [-0.2, -0.15) is 0 Å². The molecule has 0 radical (unpaired) electrons. The van der Waals surface area contributed by atoms with Crippen LogP contribution in [0.4, 0.5) is 8.78 Å². The molecule has 3 aromatic carbocycles. The minimum absolute atomic E-state index is 0.357. The number of unbranched alkanes of at least 4 members (excludes halogenated alkanes) is 5. The molecule has 0 spiro atoms. The summed E-state index contributed by atoms with van der Waals surface area (Å²) in [4.78, 5) is 0. The third-order valence-electron chi connectivity index (χ3n) is 5.86. The molecule has 158 valence electrons. The number of rotatable bonds is 10. The maximum absolute atomic E-state index is 15.0. The molecule has 0 heterocycles. The van der Waals surface area contributed by atoms with Gasteiger partial charge < -0.3 is 0 Å². The van der Waals surface area contributed by atoms with Gasteiger partial charge in [0.1, 0.15) is 0 Å². The van der Waals surface area contributed by atoms with E-state index in [0.717, 1.165) is 29.5 Å². The molecule has 0 bridgehead atoms. The van der Waals surface area contributed by atoms with Crippen LogP contribution in [0.5, 0.6) is 0 Å². The summed E-state index contributed by atoms with van der Waals surface area (Å²) in [5.74, 6) is -1.38. The largest absolute Gasteiger partial charge is 0.203 e. The van der Waals surface area contributed by atoms with E-state index in [-0.39, 0.29) is 0 Å². The second-order valence-electron chi connectivity index (χ2n) is 8.00. The van der Waals surface area contributed by atoms with E-state index in [1.807, 2.05) is 67.6 Å². The van der Waals surface area contributed by atoms with Crippen molar-refractivity contribution < 1.29 is 8.78 Å². The van der Waals surface area contributed by atoms with Crippen molar-refractivity contribution in [1.82, 2.24) is 0 Å². The highest BCUT2D eigenvalue weighted by molar-refractivity contribution is 5.71. The van der Waals surface area contributed by atoms with Crippen LogP contribution >= 0.6 is 0 Å². The zero-order chi connectivity index (χ0) is 21.3. The van der Waals surface area contributed by atoms with E-state index in [1.54, 1.807) is 0 Å². The van der Waals surface area contributed by atoms with Crippen LogP contribution in [0.15, 0.2) is 60.7 Å². The first kappa shape index (κ1) is 22.2. The average Bonchev–Trinajstić information content (AvgIpc) is 2.79. The topological polar surface area (TPSA) is 0 Å². The number of hydrogen-bond acceptors (Lipinski definition) is 0. The Balaban J connectivity index is 1.80. The molecule has 0 aromatic heterocycles. The van der Waals surface area contributed by atoms with E-state index in [1.165, 1.54) is 25.7 Å². The lowest BCUT2D eigenvalue weighted by Gasteiger charge is -2.14. The summed E-state index contributed by atoms with van der Waals surface area (Å²) >= 11 is 0. The highest BCUT2D eigenvalue weighted by Crippen LogP contribution is 2.32. The molecule has 0 fully saturated rings. The molecule has 0 aliphatic rings. The Morgan fingerprint density at radius 2 is 1.23 bits per heavy atom. The third kappa shape index (κ3) is 5.36. The van der Waals surface area contributed by atoms with Crippen molar-refractivity contribution in [3.8, 4) is 22.3 Å². The van der Waals surface area contributed by atoms with E-state index in [4.69, 9.17) is 0 Å². The molecule has 0 amide bonds. The average molecular weight is 407 g/mol. The molecule has 0 atom stereocenters. The summed E-state index contributed by atoms with van der Waals surface area (Å²) in [6, 6.07) is 19.6. The lowest BCUT2D eigenvalue weighted by molar-refractivity contribution is 0.495. The van der Waals surface area contributed by atoms with Crippen molar-refractivity contribution in [2.24, 2.45) is 0 Å². The van der Waals surface area contributed by atoms with Crippen LogP contribution in [0.2, 0.25) is 0 Å². The molecule has 3 rings (SSSR count). The molecular formula is C28H32F2. The summed E-state index contributed by atoms with van der Waals surface area (Å²) in [5, 5.41) is 0. The number of benzene rings is 3. The van der Waals surface area contributed by atoms with Gasteiger partial charge in [-0.15, -0.1) is 0 Å². The lowest BCUT2D eigenvalue weighted by atomic mass is 9.92. The first-order valence-electron chi connectivity index (χ1n) is 11.3. The van der Waals surface area contributed by atoms with Crippen molar-refractivity contribution >= 4 is 0 Å². The normalized spacial score (nSPS) is 11.1. The number of aryl methyl sites for hydroxylation is 1. The molecular weight excluding hydrogens is 374 g/mol. The molecule has 0 aliphatic heterocycles. The van der Waals surface area contributed by atoms with Crippen molar-refractivity contribution in [3.05, 3.63) is 83.4 Å². The third-order valence-corrected chi connectivity index (χ3v) is 5.86. The first-order valence-corrected chi connectivity index (χ1v) is 11.3. The summed E-state index contributed by atoms with van der Waals surface area (Å²) in [6.45, 7) is 4.21. The second-order valence-corrected chi connectivity index (χ2v) is 8.00. The van der Waals surface area contributed by atoms with E-state index in [0.29, 0.717) is 29.5 Å². The van der Waals surface area contributed by atoms with Crippen molar-refractivity contribution in [3.63, 3.8) is 0 Å². The van der Waals surface area contributed by atoms with Crippen molar-refractivity contribution in [1.29, 1.82) is 0 Å². The molecule has 0 saturated heterocycles. The van der Waals surface area contributed by atoms with Crippen LogP contribution in [-0.2, 0) is 12.8 Å². The zero-order valence-electron chi connectivity index (χ0n) is 18.2. The highest BCUT2D eigenvalue weighted by Gasteiger charge is 2.18. The monoisotopic (exact) mass is 406 g/mol.